The molecule has 0 radical (unpaired) electrons. The van der Waals surface area contributed by atoms with Gasteiger partial charge in [0.05, 0.1) is 19.6 Å². The summed E-state index contributed by atoms with van der Waals surface area (Å²) in [6.07, 6.45) is -5.16. The van der Waals surface area contributed by atoms with E-state index in [1.54, 1.807) is 16.8 Å². The van der Waals surface area contributed by atoms with Crippen LogP contribution in [0.2, 0.25) is 0 Å². The van der Waals surface area contributed by atoms with Gasteiger partial charge < -0.3 is 24.8 Å². The number of anilines is 4. The van der Waals surface area contributed by atoms with Crippen molar-refractivity contribution < 1.29 is 22.4 Å². The summed E-state index contributed by atoms with van der Waals surface area (Å²) in [5.74, 6) is 0.751. The Bertz CT molecular complexity index is 1040. The molecule has 0 aliphatic carbocycles. The van der Waals surface area contributed by atoms with Gasteiger partial charge in [-0.05, 0) is 12.1 Å². The van der Waals surface area contributed by atoms with E-state index in [0.717, 1.165) is 5.69 Å². The van der Waals surface area contributed by atoms with Crippen LogP contribution in [-0.4, -0.2) is 64.6 Å². The summed E-state index contributed by atoms with van der Waals surface area (Å²) in [6.45, 7) is 0.974. The number of benzene rings is 1. The van der Waals surface area contributed by atoms with Crippen molar-refractivity contribution in [3.05, 3.63) is 30.3 Å². The van der Waals surface area contributed by atoms with Gasteiger partial charge in [-0.3, -0.25) is 0 Å². The fourth-order valence-electron chi connectivity index (χ4n) is 3.10. The highest BCUT2D eigenvalue weighted by Gasteiger charge is 2.32. The number of hydrogen-bond donors (Lipinski definition) is 1. The first kappa shape index (κ1) is 21.7. The van der Waals surface area contributed by atoms with Crippen molar-refractivity contribution in [2.24, 2.45) is 5.92 Å². The van der Waals surface area contributed by atoms with Gasteiger partial charge in [-0.25, -0.2) is 0 Å². The van der Waals surface area contributed by atoms with Gasteiger partial charge in [-0.2, -0.15) is 33.1 Å². The number of ether oxygens (including phenoxy) is 1. The van der Waals surface area contributed by atoms with E-state index < -0.39 is 12.6 Å². The van der Waals surface area contributed by atoms with Crippen LogP contribution in [0.5, 0.6) is 0 Å². The second-order valence-corrected chi connectivity index (χ2v) is 7.32. The topological polar surface area (TPSA) is 119 Å². The fourth-order valence-corrected chi connectivity index (χ4v) is 3.10. The highest BCUT2D eigenvalue weighted by atomic mass is 19.4. The largest absolute Gasteiger partial charge is 0.391 e. The highest BCUT2D eigenvalue weighted by molar-refractivity contribution is 5.59. The molecule has 1 saturated heterocycles. The van der Waals surface area contributed by atoms with Crippen LogP contribution in [0, 0.1) is 5.92 Å². The fraction of sp³-hybridized carbons (Fsp3) is 0.421. The molecule has 2 aromatic heterocycles. The SMILES string of the molecule is CN(c1ccccc1)c1nc(N)nc(-c2noc(N3CC(COCCC(F)(F)F)C3)n2)n1. The molecule has 10 nitrogen and oxygen atoms in total. The molecule has 2 N–H and O–H groups in total. The molecule has 1 aliphatic rings. The van der Waals surface area contributed by atoms with Crippen LogP contribution >= 0.6 is 0 Å². The molecule has 0 bridgehead atoms. The van der Waals surface area contributed by atoms with E-state index in [0.29, 0.717) is 19.0 Å². The van der Waals surface area contributed by atoms with Crippen LogP contribution in [0.3, 0.4) is 0 Å². The second-order valence-electron chi connectivity index (χ2n) is 7.32. The number of halogens is 3. The van der Waals surface area contributed by atoms with E-state index in [-0.39, 0.29) is 42.7 Å². The van der Waals surface area contributed by atoms with Crippen molar-refractivity contribution in [2.75, 3.05) is 48.9 Å². The summed E-state index contributed by atoms with van der Waals surface area (Å²) in [5, 5.41) is 3.92. The number of rotatable bonds is 8. The van der Waals surface area contributed by atoms with Gasteiger partial charge in [0.2, 0.25) is 23.5 Å². The molecule has 0 atom stereocenters. The lowest BCUT2D eigenvalue weighted by atomic mass is 10.0. The summed E-state index contributed by atoms with van der Waals surface area (Å²) in [6, 6.07) is 9.76. The molecular formula is C19H21F3N8O2. The molecule has 13 heteroatoms. The Hall–Kier alpha value is -3.48. The zero-order valence-corrected chi connectivity index (χ0v) is 17.2. The number of hydrogen-bond acceptors (Lipinski definition) is 10. The molecule has 32 heavy (non-hydrogen) atoms. The molecule has 170 valence electrons. The standard InChI is InChI=1S/C19H21F3N8O2/c1-29(13-5-3-2-4-6-13)17-25-14(24-16(23)27-17)15-26-18(32-28-15)30-9-12(10-30)11-31-8-7-19(20,21)22/h2-6,12H,7-11H2,1H3,(H2,23,24,25,27). The summed E-state index contributed by atoms with van der Waals surface area (Å²) < 4.78 is 46.8. The Labute approximate surface area is 181 Å². The molecule has 3 heterocycles. The van der Waals surface area contributed by atoms with Crippen molar-refractivity contribution in [2.45, 2.75) is 12.6 Å². The monoisotopic (exact) mass is 450 g/mol. The van der Waals surface area contributed by atoms with Gasteiger partial charge in [-0.15, -0.1) is 0 Å². The molecule has 0 saturated carbocycles. The van der Waals surface area contributed by atoms with E-state index in [9.17, 15) is 13.2 Å². The highest BCUT2D eigenvalue weighted by Crippen LogP contribution is 2.27. The first-order valence-corrected chi connectivity index (χ1v) is 9.82. The van der Waals surface area contributed by atoms with Gasteiger partial charge in [0, 0.05) is 31.7 Å². The molecule has 0 amide bonds. The van der Waals surface area contributed by atoms with Crippen molar-refractivity contribution in [1.29, 1.82) is 0 Å². The predicted octanol–water partition coefficient (Wildman–Crippen LogP) is 2.68. The molecule has 0 spiro atoms. The summed E-state index contributed by atoms with van der Waals surface area (Å²) in [4.78, 5) is 20.5. The number of nitrogen functional groups attached to an aromatic ring is 1. The number of nitrogens with two attached hydrogens (primary N) is 1. The number of nitrogens with zero attached hydrogens (tertiary/aromatic N) is 7. The predicted molar refractivity (Wildman–Crippen MR) is 109 cm³/mol. The molecular weight excluding hydrogens is 429 g/mol. The van der Waals surface area contributed by atoms with Crippen molar-refractivity contribution >= 4 is 23.6 Å². The van der Waals surface area contributed by atoms with Gasteiger partial charge >= 0.3 is 12.2 Å². The van der Waals surface area contributed by atoms with Crippen LogP contribution in [0.15, 0.2) is 34.9 Å². The van der Waals surface area contributed by atoms with Crippen LogP contribution in [0.4, 0.5) is 36.8 Å². The lowest BCUT2D eigenvalue weighted by Gasteiger charge is -2.37. The average molecular weight is 450 g/mol. The van der Waals surface area contributed by atoms with Gasteiger partial charge in [-0.1, -0.05) is 23.4 Å². The van der Waals surface area contributed by atoms with Crippen LogP contribution < -0.4 is 15.5 Å². The first-order chi connectivity index (χ1) is 15.3. The van der Waals surface area contributed by atoms with E-state index in [4.69, 9.17) is 15.0 Å². The number of aromatic nitrogens is 5. The summed E-state index contributed by atoms with van der Waals surface area (Å²) in [7, 11) is 1.80. The third-order valence-electron chi connectivity index (χ3n) is 4.81. The third-order valence-corrected chi connectivity index (χ3v) is 4.81. The number of para-hydroxylation sites is 1. The van der Waals surface area contributed by atoms with Crippen molar-refractivity contribution in [3.8, 4) is 11.6 Å². The van der Waals surface area contributed by atoms with Gasteiger partial charge in [0.1, 0.15) is 0 Å². The van der Waals surface area contributed by atoms with E-state index in [1.165, 1.54) is 0 Å². The molecule has 1 fully saturated rings. The smallest absolute Gasteiger partial charge is 0.381 e. The molecule has 0 unspecified atom stereocenters. The lowest BCUT2D eigenvalue weighted by Crippen LogP contribution is -2.49. The molecule has 1 aromatic carbocycles. The van der Waals surface area contributed by atoms with Crippen LogP contribution in [0.25, 0.3) is 11.6 Å². The summed E-state index contributed by atoms with van der Waals surface area (Å²) >= 11 is 0. The maximum atomic E-state index is 12.1. The zero-order chi connectivity index (χ0) is 22.7. The molecule has 1 aliphatic heterocycles. The Kier molecular flexibility index (Phi) is 6.08. The van der Waals surface area contributed by atoms with Crippen molar-refractivity contribution in [3.63, 3.8) is 0 Å². The second kappa shape index (κ2) is 8.94. The summed E-state index contributed by atoms with van der Waals surface area (Å²) in [5.41, 5.74) is 6.71. The van der Waals surface area contributed by atoms with Gasteiger partial charge in [0.25, 0.3) is 0 Å². The Morgan fingerprint density at radius 3 is 2.59 bits per heavy atom. The minimum Gasteiger partial charge on any atom is -0.381 e. The zero-order valence-electron chi connectivity index (χ0n) is 17.2. The maximum Gasteiger partial charge on any atom is 0.391 e. The normalized spacial score (nSPS) is 14.4. The van der Waals surface area contributed by atoms with Crippen LogP contribution in [-0.2, 0) is 4.74 Å². The quantitative estimate of drug-likeness (QED) is 0.513. The Morgan fingerprint density at radius 1 is 1.12 bits per heavy atom. The Balaban J connectivity index is 1.37. The minimum atomic E-state index is -4.21. The van der Waals surface area contributed by atoms with Gasteiger partial charge in [0.15, 0.2) is 0 Å². The lowest BCUT2D eigenvalue weighted by molar-refractivity contribution is -0.146. The molecule has 3 aromatic rings. The average Bonchev–Trinajstić information content (AvgIpc) is 3.21. The minimum absolute atomic E-state index is 0.0131. The van der Waals surface area contributed by atoms with Crippen LogP contribution in [0.1, 0.15) is 6.42 Å². The van der Waals surface area contributed by atoms with Crippen molar-refractivity contribution in [1.82, 2.24) is 25.1 Å². The number of alkyl halides is 3. The van der Waals surface area contributed by atoms with E-state index in [2.05, 4.69) is 25.1 Å². The maximum absolute atomic E-state index is 12.1. The van der Waals surface area contributed by atoms with E-state index >= 15 is 0 Å². The molecule has 4 rings (SSSR count). The first-order valence-electron chi connectivity index (χ1n) is 9.82. The Morgan fingerprint density at radius 2 is 1.88 bits per heavy atom. The third kappa shape index (κ3) is 5.22. The van der Waals surface area contributed by atoms with E-state index in [1.807, 2.05) is 30.3 Å².